The van der Waals surface area contributed by atoms with E-state index in [0.717, 1.165) is 12.1 Å². The second-order valence-electron chi connectivity index (χ2n) is 7.33. The molecule has 0 aliphatic rings. The van der Waals surface area contributed by atoms with Gasteiger partial charge >= 0.3 is 0 Å². The van der Waals surface area contributed by atoms with Crippen LogP contribution in [0.4, 0.5) is 23.2 Å². The number of rotatable bonds is 7. The van der Waals surface area contributed by atoms with E-state index < -0.39 is 24.6 Å². The second kappa shape index (κ2) is 9.38. The Balaban J connectivity index is 1.80. The van der Waals surface area contributed by atoms with Crippen LogP contribution in [0.1, 0.15) is 15.9 Å². The molecule has 34 heavy (non-hydrogen) atoms. The molecule has 0 atom stereocenters. The van der Waals surface area contributed by atoms with Crippen LogP contribution in [0.25, 0.3) is 16.9 Å². The van der Waals surface area contributed by atoms with E-state index in [4.69, 9.17) is 4.74 Å². The fourth-order valence-corrected chi connectivity index (χ4v) is 3.38. The van der Waals surface area contributed by atoms with Gasteiger partial charge in [0.25, 0.3) is 12.3 Å². The smallest absolute Gasteiger partial charge is 0.255 e. The van der Waals surface area contributed by atoms with Crippen molar-refractivity contribution < 1.29 is 27.1 Å². The predicted molar refractivity (Wildman–Crippen MR) is 117 cm³/mol. The summed E-state index contributed by atoms with van der Waals surface area (Å²) in [6.45, 7) is 1.13. The number of halogens is 4. The molecule has 2 aromatic heterocycles. The van der Waals surface area contributed by atoms with Crippen LogP contribution in [0.3, 0.4) is 0 Å². The topological polar surface area (TPSA) is 80.5 Å². The summed E-state index contributed by atoms with van der Waals surface area (Å²) in [7, 11) is 1.53. The molecule has 0 aliphatic carbocycles. The molecule has 0 unspecified atom stereocenters. The SMILES string of the molecule is CNC(=O)c1ccc(-c2cnc3c(NCC(F)F)cc(Oc4ccc(F)c(F)c4)nn23)cc1C. The average Bonchev–Trinajstić information content (AvgIpc) is 3.23. The Kier molecular flexibility index (Phi) is 6.35. The quantitative estimate of drug-likeness (QED) is 0.377. The lowest BCUT2D eigenvalue weighted by atomic mass is 10.0. The van der Waals surface area contributed by atoms with Crippen LogP contribution in [0.2, 0.25) is 0 Å². The first-order chi connectivity index (χ1) is 16.3. The van der Waals surface area contributed by atoms with Crippen LogP contribution in [0, 0.1) is 18.6 Å². The number of alkyl halides is 2. The van der Waals surface area contributed by atoms with Crippen molar-refractivity contribution in [1.29, 1.82) is 0 Å². The van der Waals surface area contributed by atoms with Crippen LogP contribution in [0.15, 0.2) is 48.7 Å². The van der Waals surface area contributed by atoms with Crippen molar-refractivity contribution in [3.8, 4) is 22.9 Å². The number of amides is 1. The maximum atomic E-state index is 13.6. The molecule has 7 nitrogen and oxygen atoms in total. The molecule has 11 heteroatoms. The van der Waals surface area contributed by atoms with Gasteiger partial charge in [0, 0.05) is 30.3 Å². The van der Waals surface area contributed by atoms with E-state index in [1.807, 2.05) is 0 Å². The molecule has 0 aliphatic heterocycles. The number of benzene rings is 2. The second-order valence-corrected chi connectivity index (χ2v) is 7.33. The summed E-state index contributed by atoms with van der Waals surface area (Å²) in [6.07, 6.45) is -1.12. The van der Waals surface area contributed by atoms with Gasteiger partial charge in [-0.05, 0) is 36.8 Å². The Morgan fingerprint density at radius 3 is 2.59 bits per heavy atom. The molecule has 2 heterocycles. The first-order valence-electron chi connectivity index (χ1n) is 10.1. The number of aromatic nitrogens is 3. The van der Waals surface area contributed by atoms with Crippen LogP contribution in [-0.2, 0) is 0 Å². The van der Waals surface area contributed by atoms with Gasteiger partial charge in [-0.1, -0.05) is 6.07 Å². The number of anilines is 1. The van der Waals surface area contributed by atoms with Gasteiger partial charge in [-0.25, -0.2) is 27.1 Å². The largest absolute Gasteiger partial charge is 0.437 e. The first kappa shape index (κ1) is 23.0. The van der Waals surface area contributed by atoms with Crippen molar-refractivity contribution in [2.45, 2.75) is 13.3 Å². The Bertz CT molecular complexity index is 1370. The molecule has 0 bridgehead atoms. The fourth-order valence-electron chi connectivity index (χ4n) is 3.38. The molecule has 176 valence electrons. The van der Waals surface area contributed by atoms with Crippen molar-refractivity contribution in [1.82, 2.24) is 19.9 Å². The van der Waals surface area contributed by atoms with Gasteiger partial charge in [0.1, 0.15) is 5.75 Å². The summed E-state index contributed by atoms with van der Waals surface area (Å²) in [4.78, 5) is 16.3. The molecule has 4 rings (SSSR count). The van der Waals surface area contributed by atoms with Crippen LogP contribution >= 0.6 is 0 Å². The summed E-state index contributed by atoms with van der Waals surface area (Å²) in [6, 6.07) is 9.44. The van der Waals surface area contributed by atoms with Crippen LogP contribution in [0.5, 0.6) is 11.6 Å². The lowest BCUT2D eigenvalue weighted by molar-refractivity contribution is 0.0962. The van der Waals surface area contributed by atoms with E-state index in [-0.39, 0.29) is 28.9 Å². The normalized spacial score (nSPS) is 11.1. The molecular formula is C23H19F4N5O2. The minimum atomic E-state index is -2.63. The lowest BCUT2D eigenvalue weighted by Gasteiger charge is -2.12. The van der Waals surface area contributed by atoms with Gasteiger partial charge in [0.15, 0.2) is 17.3 Å². The third-order valence-electron chi connectivity index (χ3n) is 5.00. The highest BCUT2D eigenvalue weighted by molar-refractivity contribution is 5.96. The zero-order chi connectivity index (χ0) is 24.4. The zero-order valence-electron chi connectivity index (χ0n) is 18.1. The molecule has 1 amide bonds. The minimum Gasteiger partial charge on any atom is -0.437 e. The van der Waals surface area contributed by atoms with Crippen molar-refractivity contribution in [2.24, 2.45) is 0 Å². The maximum Gasteiger partial charge on any atom is 0.255 e. The highest BCUT2D eigenvalue weighted by atomic mass is 19.3. The van der Waals surface area contributed by atoms with Crippen molar-refractivity contribution in [3.05, 3.63) is 71.4 Å². The van der Waals surface area contributed by atoms with Crippen LogP contribution in [-0.4, -0.2) is 40.5 Å². The van der Waals surface area contributed by atoms with E-state index >= 15 is 0 Å². The summed E-state index contributed by atoms with van der Waals surface area (Å²) < 4.78 is 59.5. The van der Waals surface area contributed by atoms with Gasteiger partial charge < -0.3 is 15.4 Å². The number of imidazole rings is 1. The Morgan fingerprint density at radius 2 is 1.91 bits per heavy atom. The Labute approximate surface area is 191 Å². The minimum absolute atomic E-state index is 0.0296. The van der Waals surface area contributed by atoms with Gasteiger partial charge in [0.2, 0.25) is 5.88 Å². The molecule has 0 fully saturated rings. The number of carbonyl (C=O) groups is 1. The van der Waals surface area contributed by atoms with Gasteiger partial charge in [-0.3, -0.25) is 4.79 Å². The number of ether oxygens (including phenoxy) is 1. The lowest BCUT2D eigenvalue weighted by Crippen LogP contribution is -2.18. The Morgan fingerprint density at radius 1 is 1.12 bits per heavy atom. The number of carbonyl (C=O) groups excluding carboxylic acids is 1. The molecule has 0 saturated carbocycles. The standard InChI is InChI=1S/C23H19F4N5O2/c1-12-7-13(3-5-15(12)23(33)28-2)19-10-30-22-18(29-11-20(26)27)9-21(31-32(19)22)34-14-4-6-16(24)17(25)8-14/h3-10,20,29H,11H2,1-2H3,(H,28,33). The predicted octanol–water partition coefficient (Wildman–Crippen LogP) is 4.81. The van der Waals surface area contributed by atoms with E-state index in [0.29, 0.717) is 22.4 Å². The molecule has 0 spiro atoms. The molecular weight excluding hydrogens is 454 g/mol. The number of fused-ring (bicyclic) bond motifs is 1. The highest BCUT2D eigenvalue weighted by Crippen LogP contribution is 2.30. The Hall–Kier alpha value is -4.15. The monoisotopic (exact) mass is 473 g/mol. The number of hydrogen-bond acceptors (Lipinski definition) is 5. The van der Waals surface area contributed by atoms with Gasteiger partial charge in [-0.15, -0.1) is 5.10 Å². The van der Waals surface area contributed by atoms with Crippen molar-refractivity contribution in [3.63, 3.8) is 0 Å². The zero-order valence-corrected chi connectivity index (χ0v) is 18.1. The van der Waals surface area contributed by atoms with E-state index in [9.17, 15) is 22.4 Å². The third kappa shape index (κ3) is 4.63. The summed E-state index contributed by atoms with van der Waals surface area (Å²) in [5.41, 5.74) is 2.82. The summed E-state index contributed by atoms with van der Waals surface area (Å²) in [5, 5.41) is 9.53. The molecule has 4 aromatic rings. The fraction of sp³-hybridized carbons (Fsp3) is 0.174. The number of nitrogens with one attached hydrogen (secondary N) is 2. The molecule has 2 N–H and O–H groups in total. The molecule has 2 aromatic carbocycles. The van der Waals surface area contributed by atoms with E-state index in [2.05, 4.69) is 20.7 Å². The van der Waals surface area contributed by atoms with Crippen molar-refractivity contribution in [2.75, 3.05) is 18.9 Å². The van der Waals surface area contributed by atoms with Crippen molar-refractivity contribution >= 4 is 17.2 Å². The van der Waals surface area contributed by atoms with Gasteiger partial charge in [0.05, 0.1) is 24.1 Å². The van der Waals surface area contributed by atoms with Gasteiger partial charge in [-0.2, -0.15) is 0 Å². The van der Waals surface area contributed by atoms with E-state index in [1.165, 1.54) is 29.9 Å². The van der Waals surface area contributed by atoms with E-state index in [1.54, 1.807) is 25.1 Å². The number of hydrogen-bond donors (Lipinski definition) is 2. The number of aryl methyl sites for hydroxylation is 1. The number of nitrogens with zero attached hydrogens (tertiary/aromatic N) is 3. The molecule has 0 saturated heterocycles. The average molecular weight is 473 g/mol. The van der Waals surface area contributed by atoms with Crippen LogP contribution < -0.4 is 15.4 Å². The maximum absolute atomic E-state index is 13.6. The highest BCUT2D eigenvalue weighted by Gasteiger charge is 2.17. The third-order valence-corrected chi connectivity index (χ3v) is 5.00. The summed E-state index contributed by atoms with van der Waals surface area (Å²) >= 11 is 0. The molecule has 0 radical (unpaired) electrons. The first-order valence-corrected chi connectivity index (χ1v) is 10.1. The summed E-state index contributed by atoms with van der Waals surface area (Å²) in [5.74, 6) is -2.47.